The molecular weight excluding hydrogens is 286 g/mol. The van der Waals surface area contributed by atoms with Crippen molar-refractivity contribution in [1.29, 1.82) is 0 Å². The molecule has 6 nitrogen and oxygen atoms in total. The maximum atomic E-state index is 12.0. The van der Waals surface area contributed by atoms with Crippen LogP contribution in [-0.2, 0) is 11.2 Å². The first-order valence-corrected chi connectivity index (χ1v) is 7.84. The summed E-state index contributed by atoms with van der Waals surface area (Å²) in [6.07, 6.45) is 0.815. The number of urea groups is 1. The third kappa shape index (κ3) is 3.01. The highest BCUT2D eigenvalue weighted by Crippen LogP contribution is 2.25. The van der Waals surface area contributed by atoms with Crippen molar-refractivity contribution in [2.24, 2.45) is 0 Å². The first kappa shape index (κ1) is 14.1. The molecule has 1 atom stereocenters. The smallest absolute Gasteiger partial charge is 0.327 e. The minimum absolute atomic E-state index is 0.395. The largest absolute Gasteiger partial charge is 0.480 e. The fourth-order valence-corrected chi connectivity index (χ4v) is 3.86. The van der Waals surface area contributed by atoms with Gasteiger partial charge in [0, 0.05) is 10.6 Å². The van der Waals surface area contributed by atoms with E-state index < -0.39 is 18.0 Å². The molecule has 0 bridgehead atoms. The van der Waals surface area contributed by atoms with E-state index in [4.69, 9.17) is 5.11 Å². The fraction of sp³-hybridized carbons (Fsp3) is 0.545. The highest BCUT2D eigenvalue weighted by molar-refractivity contribution is 7.99. The second-order valence-corrected chi connectivity index (χ2v) is 6.33. The van der Waals surface area contributed by atoms with E-state index in [9.17, 15) is 9.59 Å². The number of nitrogens with zero attached hydrogens (tertiary/aromatic N) is 2. The minimum Gasteiger partial charge on any atom is -0.480 e. The van der Waals surface area contributed by atoms with Crippen LogP contribution in [0, 0.1) is 6.92 Å². The predicted molar refractivity (Wildman–Crippen MR) is 75.8 cm³/mol. The van der Waals surface area contributed by atoms with Gasteiger partial charge in [0.2, 0.25) is 0 Å². The second-order valence-electron chi connectivity index (χ2n) is 4.13. The zero-order valence-corrected chi connectivity index (χ0v) is 12.3. The Bertz CT molecular complexity index is 503. The van der Waals surface area contributed by atoms with E-state index in [0.717, 1.165) is 17.0 Å². The van der Waals surface area contributed by atoms with E-state index in [0.29, 0.717) is 16.8 Å². The minimum atomic E-state index is -0.968. The number of carboxylic acids is 1. The van der Waals surface area contributed by atoms with Crippen molar-refractivity contribution < 1.29 is 14.7 Å². The summed E-state index contributed by atoms with van der Waals surface area (Å²) in [5, 5.41) is 12.2. The van der Waals surface area contributed by atoms with Crippen LogP contribution in [0.4, 0.5) is 9.93 Å². The van der Waals surface area contributed by atoms with Gasteiger partial charge in [0.15, 0.2) is 5.13 Å². The van der Waals surface area contributed by atoms with Gasteiger partial charge in [-0.05, 0) is 13.3 Å². The number of thioether (sulfide) groups is 1. The number of aromatic nitrogens is 1. The Morgan fingerprint density at radius 1 is 1.58 bits per heavy atom. The van der Waals surface area contributed by atoms with Crippen LogP contribution in [0.25, 0.3) is 0 Å². The summed E-state index contributed by atoms with van der Waals surface area (Å²) in [6.45, 7) is 3.96. The molecule has 0 saturated carbocycles. The van der Waals surface area contributed by atoms with Gasteiger partial charge in [0.25, 0.3) is 0 Å². The Morgan fingerprint density at radius 3 is 2.89 bits per heavy atom. The molecule has 0 aromatic carbocycles. The van der Waals surface area contributed by atoms with Crippen LogP contribution in [-0.4, -0.2) is 44.7 Å². The third-order valence-corrected chi connectivity index (χ3v) is 4.81. The van der Waals surface area contributed by atoms with Crippen LogP contribution in [0.15, 0.2) is 0 Å². The van der Waals surface area contributed by atoms with E-state index >= 15 is 0 Å². The SMILES string of the molecule is CCc1nc(NC(=O)N2CSC[C@@H]2C(=O)O)sc1C. The number of nitrogens with one attached hydrogen (secondary N) is 1. The molecular formula is C11H15N3O3S2. The van der Waals surface area contributed by atoms with Gasteiger partial charge in [-0.1, -0.05) is 6.92 Å². The van der Waals surface area contributed by atoms with Gasteiger partial charge in [0.1, 0.15) is 6.04 Å². The van der Waals surface area contributed by atoms with E-state index in [-0.39, 0.29) is 0 Å². The van der Waals surface area contributed by atoms with Gasteiger partial charge in [-0.3, -0.25) is 5.32 Å². The number of aryl methyl sites for hydroxylation is 2. The highest BCUT2D eigenvalue weighted by Gasteiger charge is 2.34. The first-order valence-electron chi connectivity index (χ1n) is 5.87. The molecule has 1 saturated heterocycles. The molecule has 0 radical (unpaired) electrons. The molecule has 2 heterocycles. The summed E-state index contributed by atoms with van der Waals surface area (Å²) in [7, 11) is 0. The van der Waals surface area contributed by atoms with Crippen molar-refractivity contribution in [3.05, 3.63) is 10.6 Å². The number of carbonyl (C=O) groups is 2. The molecule has 2 N–H and O–H groups in total. The molecule has 104 valence electrons. The summed E-state index contributed by atoms with van der Waals surface area (Å²) >= 11 is 2.85. The lowest BCUT2D eigenvalue weighted by molar-refractivity contribution is -0.140. The molecule has 1 aromatic rings. The summed E-state index contributed by atoms with van der Waals surface area (Å²) in [5.74, 6) is -0.141. The summed E-state index contributed by atoms with van der Waals surface area (Å²) in [5.41, 5.74) is 0.964. The van der Waals surface area contributed by atoms with Crippen LogP contribution >= 0.6 is 23.1 Å². The van der Waals surface area contributed by atoms with Crippen LogP contribution in [0.1, 0.15) is 17.5 Å². The molecule has 1 aromatic heterocycles. The number of hydrogen-bond acceptors (Lipinski definition) is 5. The van der Waals surface area contributed by atoms with Gasteiger partial charge in [-0.2, -0.15) is 0 Å². The number of carboxylic acid groups (broad SMARTS) is 1. The quantitative estimate of drug-likeness (QED) is 0.892. The summed E-state index contributed by atoms with van der Waals surface area (Å²) < 4.78 is 0. The first-order chi connectivity index (χ1) is 9.02. The Morgan fingerprint density at radius 2 is 2.32 bits per heavy atom. The zero-order valence-electron chi connectivity index (χ0n) is 10.7. The number of thiazole rings is 1. The predicted octanol–water partition coefficient (Wildman–Crippen LogP) is 2.01. The van der Waals surface area contributed by atoms with Crippen LogP contribution in [0.2, 0.25) is 0 Å². The average molecular weight is 301 g/mol. The maximum Gasteiger partial charge on any atom is 0.327 e. The van der Waals surface area contributed by atoms with Crippen molar-refractivity contribution in [3.8, 4) is 0 Å². The maximum absolute atomic E-state index is 12.0. The van der Waals surface area contributed by atoms with Crippen LogP contribution < -0.4 is 5.32 Å². The molecule has 19 heavy (non-hydrogen) atoms. The van der Waals surface area contributed by atoms with Crippen molar-refractivity contribution >= 4 is 40.2 Å². The lowest BCUT2D eigenvalue weighted by atomic mass is 10.3. The lowest BCUT2D eigenvalue weighted by Gasteiger charge is -2.19. The summed E-state index contributed by atoms with van der Waals surface area (Å²) in [4.78, 5) is 29.8. The van der Waals surface area contributed by atoms with Gasteiger partial charge < -0.3 is 10.0 Å². The highest BCUT2D eigenvalue weighted by atomic mass is 32.2. The number of anilines is 1. The number of hydrogen-bond donors (Lipinski definition) is 2. The third-order valence-electron chi connectivity index (χ3n) is 2.87. The van der Waals surface area contributed by atoms with Crippen molar-refractivity contribution in [3.63, 3.8) is 0 Å². The van der Waals surface area contributed by atoms with Gasteiger partial charge in [-0.25, -0.2) is 14.6 Å². The molecule has 0 unspecified atom stereocenters. The molecule has 1 fully saturated rings. The van der Waals surface area contributed by atoms with Gasteiger partial charge >= 0.3 is 12.0 Å². The molecule has 0 aliphatic carbocycles. The Kier molecular flexibility index (Phi) is 4.31. The van der Waals surface area contributed by atoms with Crippen molar-refractivity contribution in [1.82, 2.24) is 9.88 Å². The summed E-state index contributed by atoms with van der Waals surface area (Å²) in [6, 6.07) is -1.15. The zero-order chi connectivity index (χ0) is 14.0. The Labute approximate surface area is 119 Å². The van der Waals surface area contributed by atoms with Crippen molar-refractivity contribution in [2.45, 2.75) is 26.3 Å². The molecule has 8 heteroatoms. The lowest BCUT2D eigenvalue weighted by Crippen LogP contribution is -2.43. The van der Waals surface area contributed by atoms with E-state index in [1.807, 2.05) is 13.8 Å². The van der Waals surface area contributed by atoms with Crippen LogP contribution in [0.3, 0.4) is 0 Å². The average Bonchev–Trinajstić information content (AvgIpc) is 2.95. The van der Waals surface area contributed by atoms with E-state index in [1.165, 1.54) is 28.0 Å². The Hall–Kier alpha value is -1.28. The van der Waals surface area contributed by atoms with E-state index in [2.05, 4.69) is 10.3 Å². The number of rotatable bonds is 3. The van der Waals surface area contributed by atoms with Crippen molar-refractivity contribution in [2.75, 3.05) is 16.9 Å². The van der Waals surface area contributed by atoms with Gasteiger partial charge in [0.05, 0.1) is 11.6 Å². The molecule has 1 aliphatic rings. The number of carbonyl (C=O) groups excluding carboxylic acids is 1. The Balaban J connectivity index is 2.06. The molecule has 0 spiro atoms. The topological polar surface area (TPSA) is 82.5 Å². The number of amides is 2. The van der Waals surface area contributed by atoms with E-state index in [1.54, 1.807) is 0 Å². The molecule has 2 rings (SSSR count). The molecule has 1 aliphatic heterocycles. The monoisotopic (exact) mass is 301 g/mol. The van der Waals surface area contributed by atoms with Crippen LogP contribution in [0.5, 0.6) is 0 Å². The second kappa shape index (κ2) is 5.79. The molecule has 2 amide bonds. The number of aliphatic carboxylic acids is 1. The fourth-order valence-electron chi connectivity index (χ4n) is 1.82. The standard InChI is InChI=1S/C11H15N3O3S2/c1-3-7-6(2)19-10(12-7)13-11(17)14-5-18-4-8(14)9(15)16/h8H,3-5H2,1-2H3,(H,15,16)(H,12,13,17)/t8-/m1/s1. The normalized spacial score (nSPS) is 18.6. The van der Waals surface area contributed by atoms with Gasteiger partial charge in [-0.15, -0.1) is 23.1 Å².